The first-order chi connectivity index (χ1) is 13.2. The highest BCUT2D eigenvalue weighted by molar-refractivity contribution is 5.94. The van der Waals surface area contributed by atoms with Gasteiger partial charge in [-0.1, -0.05) is 24.3 Å². The third-order valence-electron chi connectivity index (χ3n) is 3.96. The number of hydrogen-bond acceptors (Lipinski definition) is 4. The number of benzene rings is 2. The van der Waals surface area contributed by atoms with E-state index in [4.69, 9.17) is 4.74 Å². The molecule has 1 N–H and O–H groups in total. The number of rotatable bonds is 7. The van der Waals surface area contributed by atoms with E-state index in [1.165, 1.54) is 0 Å². The molecule has 1 heterocycles. The Hall–Kier alpha value is -3.41. The van der Waals surface area contributed by atoms with Gasteiger partial charge in [0.25, 0.3) is 0 Å². The summed E-state index contributed by atoms with van der Waals surface area (Å²) in [5.74, 6) is -0.523. The zero-order valence-corrected chi connectivity index (χ0v) is 15.1. The zero-order chi connectivity index (χ0) is 19.1. The molecule has 3 rings (SSSR count). The van der Waals surface area contributed by atoms with E-state index in [-0.39, 0.29) is 5.91 Å². The van der Waals surface area contributed by atoms with Gasteiger partial charge < -0.3 is 10.1 Å². The van der Waals surface area contributed by atoms with Gasteiger partial charge in [-0.2, -0.15) is 5.10 Å². The van der Waals surface area contributed by atoms with Crippen molar-refractivity contribution in [2.45, 2.75) is 19.8 Å². The summed E-state index contributed by atoms with van der Waals surface area (Å²) in [5, 5.41) is 7.14. The molecular formula is C21H21N3O3. The summed E-state index contributed by atoms with van der Waals surface area (Å²) < 4.78 is 6.76. The van der Waals surface area contributed by atoms with E-state index in [0.29, 0.717) is 30.7 Å². The topological polar surface area (TPSA) is 73.2 Å². The first kappa shape index (κ1) is 18.4. The summed E-state index contributed by atoms with van der Waals surface area (Å²) in [6.45, 7) is 2.07. The van der Waals surface area contributed by atoms with Gasteiger partial charge in [-0.05, 0) is 49.2 Å². The Morgan fingerprint density at radius 2 is 1.93 bits per heavy atom. The van der Waals surface area contributed by atoms with Crippen LogP contribution < -0.4 is 5.32 Å². The Kier molecular flexibility index (Phi) is 5.99. The van der Waals surface area contributed by atoms with Gasteiger partial charge in [0, 0.05) is 18.3 Å². The van der Waals surface area contributed by atoms with Crippen LogP contribution in [0.2, 0.25) is 0 Å². The minimum absolute atomic E-state index is 0.122. The highest BCUT2D eigenvalue weighted by atomic mass is 16.5. The number of aryl methyl sites for hydroxylation is 1. The maximum absolute atomic E-state index is 12.2. The van der Waals surface area contributed by atoms with Gasteiger partial charge in [0.1, 0.15) is 0 Å². The smallest absolute Gasteiger partial charge is 0.338 e. The lowest BCUT2D eigenvalue weighted by Crippen LogP contribution is -2.13. The average Bonchev–Trinajstić information content (AvgIpc) is 3.17. The molecule has 138 valence electrons. The van der Waals surface area contributed by atoms with E-state index in [1.807, 2.05) is 36.5 Å². The molecule has 0 radical (unpaired) electrons. The Morgan fingerprint density at radius 1 is 1.11 bits per heavy atom. The number of esters is 1. The van der Waals surface area contributed by atoms with Crippen molar-refractivity contribution in [3.05, 3.63) is 78.1 Å². The molecule has 6 heteroatoms. The van der Waals surface area contributed by atoms with Gasteiger partial charge in [-0.25, -0.2) is 9.48 Å². The van der Waals surface area contributed by atoms with Crippen molar-refractivity contribution >= 4 is 17.6 Å². The lowest BCUT2D eigenvalue weighted by molar-refractivity contribution is -0.116. The van der Waals surface area contributed by atoms with Gasteiger partial charge in [-0.3, -0.25) is 4.79 Å². The lowest BCUT2D eigenvalue weighted by atomic mass is 10.1. The van der Waals surface area contributed by atoms with E-state index >= 15 is 0 Å². The average molecular weight is 363 g/mol. The summed E-state index contributed by atoms with van der Waals surface area (Å²) in [7, 11) is 0. The molecule has 0 fully saturated rings. The monoisotopic (exact) mass is 363 g/mol. The largest absolute Gasteiger partial charge is 0.462 e. The molecule has 0 unspecified atom stereocenters. The normalized spacial score (nSPS) is 10.4. The first-order valence-corrected chi connectivity index (χ1v) is 8.81. The molecule has 0 saturated carbocycles. The fourth-order valence-corrected chi connectivity index (χ4v) is 2.63. The van der Waals surface area contributed by atoms with E-state index in [9.17, 15) is 9.59 Å². The lowest BCUT2D eigenvalue weighted by Gasteiger charge is -2.07. The van der Waals surface area contributed by atoms with Gasteiger partial charge in [0.05, 0.1) is 24.1 Å². The number of carbonyl (C=O) groups excluding carboxylic acids is 2. The molecule has 0 aliphatic rings. The number of carbonyl (C=O) groups is 2. The van der Waals surface area contributed by atoms with Crippen molar-refractivity contribution in [3.8, 4) is 5.69 Å². The first-order valence-electron chi connectivity index (χ1n) is 8.81. The molecule has 0 aliphatic heterocycles. The molecule has 3 aromatic rings. The fourth-order valence-electron chi connectivity index (χ4n) is 2.63. The van der Waals surface area contributed by atoms with Crippen LogP contribution in [0.5, 0.6) is 0 Å². The second-order valence-corrected chi connectivity index (χ2v) is 5.98. The Morgan fingerprint density at radius 3 is 2.70 bits per heavy atom. The quantitative estimate of drug-likeness (QED) is 0.651. The number of amides is 1. The number of nitrogens with one attached hydrogen (secondary N) is 1. The summed E-state index contributed by atoms with van der Waals surface area (Å²) in [6.07, 6.45) is 4.59. The van der Waals surface area contributed by atoms with Crippen LogP contribution in [0.4, 0.5) is 5.69 Å². The van der Waals surface area contributed by atoms with Crippen molar-refractivity contribution in [1.82, 2.24) is 9.78 Å². The number of aromatic nitrogens is 2. The maximum atomic E-state index is 12.2. The van der Waals surface area contributed by atoms with Gasteiger partial charge >= 0.3 is 5.97 Å². The molecular weight excluding hydrogens is 342 g/mol. The second-order valence-electron chi connectivity index (χ2n) is 5.98. The summed E-state index contributed by atoms with van der Waals surface area (Å²) in [5.41, 5.74) is 2.95. The minimum Gasteiger partial charge on any atom is -0.462 e. The molecule has 0 aliphatic carbocycles. The highest BCUT2D eigenvalue weighted by Crippen LogP contribution is 2.13. The third-order valence-corrected chi connectivity index (χ3v) is 3.96. The molecule has 0 bridgehead atoms. The van der Waals surface area contributed by atoms with Crippen molar-refractivity contribution in [2.75, 3.05) is 11.9 Å². The van der Waals surface area contributed by atoms with Crippen LogP contribution in [-0.2, 0) is 16.0 Å². The molecule has 1 aromatic heterocycles. The third kappa shape index (κ3) is 5.04. The van der Waals surface area contributed by atoms with Gasteiger partial charge in [0.15, 0.2) is 0 Å². The van der Waals surface area contributed by atoms with Crippen LogP contribution in [-0.4, -0.2) is 28.3 Å². The predicted octanol–water partition coefficient (Wildman–Crippen LogP) is 3.62. The molecule has 6 nitrogen and oxygen atoms in total. The van der Waals surface area contributed by atoms with E-state index in [1.54, 1.807) is 42.1 Å². The molecule has 2 aromatic carbocycles. The Labute approximate surface area is 157 Å². The molecule has 27 heavy (non-hydrogen) atoms. The van der Waals surface area contributed by atoms with E-state index in [2.05, 4.69) is 10.4 Å². The number of nitrogens with zero attached hydrogens (tertiary/aromatic N) is 2. The van der Waals surface area contributed by atoms with Crippen molar-refractivity contribution in [3.63, 3.8) is 0 Å². The number of ether oxygens (including phenoxy) is 1. The number of anilines is 1. The van der Waals surface area contributed by atoms with Gasteiger partial charge in [-0.15, -0.1) is 0 Å². The van der Waals surface area contributed by atoms with Crippen molar-refractivity contribution < 1.29 is 14.3 Å². The number of hydrogen-bond donors (Lipinski definition) is 1. The summed E-state index contributed by atoms with van der Waals surface area (Å²) in [4.78, 5) is 24.0. The van der Waals surface area contributed by atoms with Crippen molar-refractivity contribution in [2.24, 2.45) is 0 Å². The predicted molar refractivity (Wildman–Crippen MR) is 103 cm³/mol. The van der Waals surface area contributed by atoms with Crippen LogP contribution >= 0.6 is 0 Å². The van der Waals surface area contributed by atoms with Crippen LogP contribution in [0.25, 0.3) is 5.69 Å². The van der Waals surface area contributed by atoms with Crippen LogP contribution in [0.15, 0.2) is 67.0 Å². The molecule has 0 atom stereocenters. The minimum atomic E-state index is -0.401. The van der Waals surface area contributed by atoms with E-state index in [0.717, 1.165) is 11.3 Å². The van der Waals surface area contributed by atoms with Crippen LogP contribution in [0.3, 0.4) is 0 Å². The number of para-hydroxylation sites is 1. The highest BCUT2D eigenvalue weighted by Gasteiger charge is 2.09. The molecule has 0 saturated heterocycles. The van der Waals surface area contributed by atoms with E-state index < -0.39 is 5.97 Å². The van der Waals surface area contributed by atoms with Crippen molar-refractivity contribution in [1.29, 1.82) is 0 Å². The standard InChI is InChI=1S/C21H21N3O3/c1-2-27-21(26)17-7-6-8-18(13-17)23-20(25)12-11-16-14-22-24(15-16)19-9-4-3-5-10-19/h3-10,13-15H,2,11-12H2,1H3,(H,23,25). The maximum Gasteiger partial charge on any atom is 0.338 e. The zero-order valence-electron chi connectivity index (χ0n) is 15.1. The Bertz CT molecular complexity index is 919. The van der Waals surface area contributed by atoms with Crippen LogP contribution in [0.1, 0.15) is 29.3 Å². The van der Waals surface area contributed by atoms with Gasteiger partial charge in [0.2, 0.25) is 5.91 Å². The SMILES string of the molecule is CCOC(=O)c1cccc(NC(=O)CCc2cnn(-c3ccccc3)c2)c1. The van der Waals surface area contributed by atoms with Crippen LogP contribution in [0, 0.1) is 0 Å². The fraction of sp³-hybridized carbons (Fsp3) is 0.190. The second kappa shape index (κ2) is 8.80. The summed E-state index contributed by atoms with van der Waals surface area (Å²) in [6, 6.07) is 16.5. The Balaban J connectivity index is 1.55. The summed E-state index contributed by atoms with van der Waals surface area (Å²) >= 11 is 0. The molecule has 1 amide bonds. The molecule has 0 spiro atoms.